The van der Waals surface area contributed by atoms with Crippen LogP contribution in [-0.2, 0) is 0 Å². The summed E-state index contributed by atoms with van der Waals surface area (Å²) in [6.45, 7) is 0. The molecule has 0 aliphatic rings. The predicted molar refractivity (Wildman–Crippen MR) is 247 cm³/mol. The highest BCUT2D eigenvalue weighted by molar-refractivity contribution is 7.26. The maximum atomic E-state index is 6.98. The van der Waals surface area contributed by atoms with Gasteiger partial charge >= 0.3 is 0 Å². The minimum absolute atomic E-state index is 0.863. The van der Waals surface area contributed by atoms with Crippen molar-refractivity contribution in [3.8, 4) is 27.9 Å². The first kappa shape index (κ1) is 32.8. The van der Waals surface area contributed by atoms with Crippen molar-refractivity contribution in [3.63, 3.8) is 0 Å². The van der Waals surface area contributed by atoms with Crippen LogP contribution in [0.15, 0.2) is 211 Å². The lowest BCUT2D eigenvalue weighted by atomic mass is 9.98. The summed E-state index contributed by atoms with van der Waals surface area (Å²) in [6.07, 6.45) is 0. The summed E-state index contributed by atoms with van der Waals surface area (Å²) in [5, 5.41) is 7.16. The highest BCUT2D eigenvalue weighted by Gasteiger charge is 2.25. The molecule has 12 aromatic rings. The Morgan fingerprint density at radius 2 is 1.03 bits per heavy atom. The van der Waals surface area contributed by atoms with Gasteiger partial charge in [0.2, 0.25) is 0 Å². The SMILES string of the molecule is c1ccc(-c2cccc(N(c3cccc4sc5ccccc5c34)c3ccc(-c4cccc(-n5c6ccccc6c6ccccc65)c4)c4oc5ccccc5c34)c2)cc1. The fourth-order valence-corrected chi connectivity index (χ4v) is 10.2. The molecule has 0 atom stereocenters. The second-order valence-electron chi connectivity index (χ2n) is 14.9. The van der Waals surface area contributed by atoms with Crippen molar-refractivity contribution in [1.29, 1.82) is 0 Å². The Morgan fingerprint density at radius 3 is 1.86 bits per heavy atom. The number of benzene rings is 9. The zero-order valence-corrected chi connectivity index (χ0v) is 32.2. The highest BCUT2D eigenvalue weighted by Crippen LogP contribution is 2.50. The van der Waals surface area contributed by atoms with Crippen LogP contribution in [0.1, 0.15) is 0 Å². The fraction of sp³-hybridized carbons (Fsp3) is 0. The third-order valence-corrected chi connectivity index (χ3v) is 12.7. The standard InChI is InChI=1S/C54H34N2OS/c1-2-15-35(16-3-1)36-17-12-19-38(33-36)56(47-27-14-30-51-52(47)44-24-7-11-29-50(44)58-51)48-32-31-40(54-53(48)43-23-6-10-28-49(43)57-54)37-18-13-20-39(34-37)55-45-25-8-4-21-41(45)42-22-5-9-26-46(42)55/h1-34H. The first-order valence-corrected chi connectivity index (χ1v) is 20.5. The summed E-state index contributed by atoms with van der Waals surface area (Å²) in [4.78, 5) is 2.45. The summed E-state index contributed by atoms with van der Waals surface area (Å²) in [7, 11) is 0. The zero-order chi connectivity index (χ0) is 38.2. The number of thiophene rings is 1. The quantitative estimate of drug-likeness (QED) is 0.168. The van der Waals surface area contributed by atoms with Gasteiger partial charge in [-0.3, -0.25) is 0 Å². The van der Waals surface area contributed by atoms with Crippen LogP contribution in [0.25, 0.3) is 91.9 Å². The summed E-state index contributed by atoms with van der Waals surface area (Å²) in [5.74, 6) is 0. The molecule has 4 heteroatoms. The van der Waals surface area contributed by atoms with Crippen LogP contribution >= 0.6 is 11.3 Å². The monoisotopic (exact) mass is 758 g/mol. The lowest BCUT2D eigenvalue weighted by Gasteiger charge is -2.28. The third-order valence-electron chi connectivity index (χ3n) is 11.6. The number of furan rings is 1. The molecule has 0 fully saturated rings. The van der Waals surface area contributed by atoms with Crippen LogP contribution in [-0.4, -0.2) is 4.57 Å². The van der Waals surface area contributed by atoms with Crippen LogP contribution in [0.3, 0.4) is 0 Å². The minimum atomic E-state index is 0.863. The van der Waals surface area contributed by atoms with Crippen LogP contribution in [0.5, 0.6) is 0 Å². The molecular weight excluding hydrogens is 725 g/mol. The van der Waals surface area contributed by atoms with Crippen LogP contribution in [0.4, 0.5) is 17.1 Å². The molecule has 0 N–H and O–H groups in total. The van der Waals surface area contributed by atoms with Crippen LogP contribution in [0, 0.1) is 0 Å². The van der Waals surface area contributed by atoms with Gasteiger partial charge in [-0.15, -0.1) is 11.3 Å². The van der Waals surface area contributed by atoms with Gasteiger partial charge in [-0.2, -0.15) is 0 Å². The van der Waals surface area contributed by atoms with E-state index in [-0.39, 0.29) is 0 Å². The Kier molecular flexibility index (Phi) is 7.40. The Morgan fingerprint density at radius 1 is 0.414 bits per heavy atom. The average Bonchev–Trinajstić information content (AvgIpc) is 3.98. The van der Waals surface area contributed by atoms with Gasteiger partial charge < -0.3 is 13.9 Å². The number of nitrogens with zero attached hydrogens (tertiary/aromatic N) is 2. The molecule has 0 saturated heterocycles. The van der Waals surface area contributed by atoms with Gasteiger partial charge in [0, 0.05) is 53.3 Å². The molecule has 3 aromatic heterocycles. The number of para-hydroxylation sites is 3. The summed E-state index contributed by atoms with van der Waals surface area (Å²) < 4.78 is 11.9. The van der Waals surface area contributed by atoms with Crippen LogP contribution < -0.4 is 4.90 Å². The van der Waals surface area contributed by atoms with E-state index in [0.29, 0.717) is 0 Å². The molecule has 0 aliphatic heterocycles. The van der Waals surface area contributed by atoms with Gasteiger partial charge in [0.1, 0.15) is 11.2 Å². The first-order chi connectivity index (χ1) is 28.8. The van der Waals surface area contributed by atoms with Crippen LogP contribution in [0.2, 0.25) is 0 Å². The third kappa shape index (κ3) is 5.05. The van der Waals surface area contributed by atoms with Gasteiger partial charge in [0.05, 0.1) is 27.8 Å². The number of hydrogen-bond donors (Lipinski definition) is 0. The van der Waals surface area contributed by atoms with Crippen molar-refractivity contribution in [2.45, 2.75) is 0 Å². The number of anilines is 3. The van der Waals surface area contributed by atoms with E-state index in [9.17, 15) is 0 Å². The van der Waals surface area contributed by atoms with Crippen molar-refractivity contribution >= 4 is 92.3 Å². The Bertz CT molecular complexity index is 3480. The predicted octanol–water partition coefficient (Wildman–Crippen LogP) is 15.9. The molecule has 0 unspecified atom stereocenters. The normalized spacial score (nSPS) is 11.8. The molecular formula is C54H34N2OS. The molecule has 9 aromatic carbocycles. The summed E-state index contributed by atoms with van der Waals surface area (Å²) in [6, 6.07) is 74.3. The maximum absolute atomic E-state index is 6.98. The minimum Gasteiger partial charge on any atom is -0.455 e. The molecule has 0 radical (unpaired) electrons. The van der Waals surface area contributed by atoms with E-state index in [1.54, 1.807) is 0 Å². The number of fused-ring (bicyclic) bond motifs is 9. The molecule has 58 heavy (non-hydrogen) atoms. The molecule has 0 bridgehead atoms. The van der Waals surface area contributed by atoms with E-state index in [2.05, 4.69) is 216 Å². The summed E-state index contributed by atoms with van der Waals surface area (Å²) in [5.41, 5.74) is 13.0. The van der Waals surface area contributed by atoms with Crippen molar-refractivity contribution < 1.29 is 4.42 Å². The van der Waals surface area contributed by atoms with E-state index >= 15 is 0 Å². The Labute approximate surface area is 338 Å². The van der Waals surface area contributed by atoms with Gasteiger partial charge in [-0.05, 0) is 89.5 Å². The van der Waals surface area contributed by atoms with E-state index in [4.69, 9.17) is 4.42 Å². The Hall–Kier alpha value is -7.40. The highest BCUT2D eigenvalue weighted by atomic mass is 32.1. The largest absolute Gasteiger partial charge is 0.455 e. The second-order valence-corrected chi connectivity index (χ2v) is 15.9. The average molecular weight is 759 g/mol. The molecule has 12 rings (SSSR count). The molecule has 3 heterocycles. The van der Waals surface area contributed by atoms with Crippen molar-refractivity contribution in [2.75, 3.05) is 4.90 Å². The van der Waals surface area contributed by atoms with Gasteiger partial charge in [-0.1, -0.05) is 133 Å². The number of aromatic nitrogens is 1. The van der Waals surface area contributed by atoms with E-state index in [0.717, 1.165) is 61.4 Å². The fourth-order valence-electron chi connectivity index (χ4n) is 9.04. The van der Waals surface area contributed by atoms with Gasteiger partial charge in [0.25, 0.3) is 0 Å². The molecule has 0 aliphatic carbocycles. The van der Waals surface area contributed by atoms with Crippen molar-refractivity contribution in [2.24, 2.45) is 0 Å². The second kappa shape index (κ2) is 13.1. The number of hydrogen-bond acceptors (Lipinski definition) is 3. The first-order valence-electron chi connectivity index (χ1n) is 19.7. The van der Waals surface area contributed by atoms with E-state index < -0.39 is 0 Å². The molecule has 272 valence electrons. The van der Waals surface area contributed by atoms with Crippen molar-refractivity contribution in [3.05, 3.63) is 206 Å². The molecule has 0 saturated carbocycles. The molecule has 0 spiro atoms. The van der Waals surface area contributed by atoms with E-state index in [1.165, 1.54) is 47.5 Å². The number of rotatable bonds is 6. The maximum Gasteiger partial charge on any atom is 0.145 e. The van der Waals surface area contributed by atoms with Crippen molar-refractivity contribution in [1.82, 2.24) is 4.57 Å². The summed E-state index contributed by atoms with van der Waals surface area (Å²) >= 11 is 1.85. The topological polar surface area (TPSA) is 21.3 Å². The van der Waals surface area contributed by atoms with Gasteiger partial charge in [0.15, 0.2) is 0 Å². The van der Waals surface area contributed by atoms with E-state index in [1.807, 2.05) is 11.3 Å². The lowest BCUT2D eigenvalue weighted by Crippen LogP contribution is -2.11. The zero-order valence-electron chi connectivity index (χ0n) is 31.3. The smallest absolute Gasteiger partial charge is 0.145 e. The molecule has 0 amide bonds. The lowest BCUT2D eigenvalue weighted by molar-refractivity contribution is 0.670. The van der Waals surface area contributed by atoms with Gasteiger partial charge in [-0.25, -0.2) is 0 Å². The molecule has 3 nitrogen and oxygen atoms in total. The Balaban J connectivity index is 1.13.